The molecule has 0 aliphatic carbocycles. The molecule has 0 aromatic heterocycles. The van der Waals surface area contributed by atoms with Crippen molar-refractivity contribution in [2.75, 3.05) is 41.3 Å². The molecule has 1 amide bonds. The third-order valence-electron chi connectivity index (χ3n) is 5.65. The monoisotopic (exact) mass is 499 g/mol. The van der Waals surface area contributed by atoms with Gasteiger partial charge in [0.1, 0.15) is 12.3 Å². The number of anilines is 3. The van der Waals surface area contributed by atoms with Crippen molar-refractivity contribution in [2.45, 2.75) is 17.7 Å². The zero-order chi connectivity index (χ0) is 24.1. The lowest BCUT2D eigenvalue weighted by atomic mass is 10.2. The highest BCUT2D eigenvalue weighted by Gasteiger charge is 2.29. The topological polar surface area (TPSA) is 79.0 Å². The quantitative estimate of drug-likeness (QED) is 0.482. The Kier molecular flexibility index (Phi) is 7.29. The second kappa shape index (κ2) is 10.4. The third-order valence-corrected chi connectivity index (χ3v) is 7.66. The first-order valence-electron chi connectivity index (χ1n) is 10.9. The Labute approximate surface area is 205 Å². The van der Waals surface area contributed by atoms with Crippen LogP contribution in [0.5, 0.6) is 5.75 Å². The van der Waals surface area contributed by atoms with Gasteiger partial charge in [-0.15, -0.1) is 0 Å². The summed E-state index contributed by atoms with van der Waals surface area (Å²) in [5.74, 6) is -0.206. The van der Waals surface area contributed by atoms with Crippen molar-refractivity contribution in [3.05, 3.63) is 77.8 Å². The van der Waals surface area contributed by atoms with E-state index in [1.165, 1.54) is 38.2 Å². The number of ether oxygens (including phenoxy) is 1. The van der Waals surface area contributed by atoms with Crippen LogP contribution in [0.4, 0.5) is 17.1 Å². The number of nitrogens with zero attached hydrogens (tertiary/aromatic N) is 2. The molecule has 1 aliphatic heterocycles. The number of hydrogen-bond donors (Lipinski definition) is 1. The first-order valence-corrected chi connectivity index (χ1v) is 12.8. The number of hydrogen-bond acceptors (Lipinski definition) is 5. The minimum absolute atomic E-state index is 0.0554. The first kappa shape index (κ1) is 23.9. The fourth-order valence-corrected chi connectivity index (χ4v) is 5.55. The average Bonchev–Trinajstić information content (AvgIpc) is 3.38. The molecule has 0 unspecified atom stereocenters. The van der Waals surface area contributed by atoms with Crippen LogP contribution in [0.15, 0.2) is 77.7 Å². The molecule has 3 aromatic carbocycles. The van der Waals surface area contributed by atoms with E-state index in [0.29, 0.717) is 10.7 Å². The van der Waals surface area contributed by atoms with Crippen LogP contribution in [0.25, 0.3) is 0 Å². The van der Waals surface area contributed by atoms with Gasteiger partial charge in [0.2, 0.25) is 5.91 Å². The molecular weight excluding hydrogens is 474 g/mol. The number of halogens is 1. The largest absolute Gasteiger partial charge is 0.495 e. The van der Waals surface area contributed by atoms with Gasteiger partial charge in [-0.05, 0) is 67.4 Å². The van der Waals surface area contributed by atoms with Crippen LogP contribution in [-0.4, -0.2) is 41.1 Å². The SMILES string of the molecule is COc1ccc(Cl)cc1N(CC(=O)Nc1ccc(N2CCCC2)cc1)S(=O)(=O)c1ccccc1. The molecule has 1 heterocycles. The number of carbonyl (C=O) groups is 1. The number of sulfonamides is 1. The van der Waals surface area contributed by atoms with Gasteiger partial charge in [-0.2, -0.15) is 0 Å². The summed E-state index contributed by atoms with van der Waals surface area (Å²) in [5, 5.41) is 3.12. The summed E-state index contributed by atoms with van der Waals surface area (Å²) in [6.07, 6.45) is 2.36. The predicted molar refractivity (Wildman–Crippen MR) is 135 cm³/mol. The van der Waals surface area contributed by atoms with E-state index in [4.69, 9.17) is 16.3 Å². The fraction of sp³-hybridized carbons (Fsp3) is 0.240. The number of benzene rings is 3. The van der Waals surface area contributed by atoms with Gasteiger partial charge in [0, 0.05) is 29.5 Å². The van der Waals surface area contributed by atoms with E-state index >= 15 is 0 Å². The van der Waals surface area contributed by atoms with Gasteiger partial charge < -0.3 is 15.0 Å². The van der Waals surface area contributed by atoms with Gasteiger partial charge in [0.25, 0.3) is 10.0 Å². The minimum Gasteiger partial charge on any atom is -0.495 e. The van der Waals surface area contributed by atoms with Crippen molar-refractivity contribution in [3.63, 3.8) is 0 Å². The van der Waals surface area contributed by atoms with E-state index in [1.54, 1.807) is 30.3 Å². The Bertz CT molecular complexity index is 1240. The van der Waals surface area contributed by atoms with Crippen molar-refractivity contribution >= 4 is 44.6 Å². The number of nitrogens with one attached hydrogen (secondary N) is 1. The zero-order valence-corrected chi connectivity index (χ0v) is 20.3. The molecule has 0 spiro atoms. The molecule has 1 aliphatic rings. The maximum Gasteiger partial charge on any atom is 0.264 e. The molecule has 0 saturated carbocycles. The number of methoxy groups -OCH3 is 1. The molecular formula is C25H26ClN3O4S. The van der Waals surface area contributed by atoms with E-state index < -0.39 is 22.5 Å². The molecule has 0 radical (unpaired) electrons. The van der Waals surface area contributed by atoms with Crippen LogP contribution in [0.1, 0.15) is 12.8 Å². The summed E-state index contributed by atoms with van der Waals surface area (Å²) >= 11 is 6.17. The lowest BCUT2D eigenvalue weighted by molar-refractivity contribution is -0.114. The highest BCUT2D eigenvalue weighted by molar-refractivity contribution is 7.92. The molecule has 0 atom stereocenters. The summed E-state index contributed by atoms with van der Waals surface area (Å²) in [7, 11) is -2.65. The summed E-state index contributed by atoms with van der Waals surface area (Å²) in [6.45, 7) is 1.60. The third kappa shape index (κ3) is 5.29. The van der Waals surface area contributed by atoms with Crippen molar-refractivity contribution in [1.82, 2.24) is 0 Å². The molecule has 7 nitrogen and oxygen atoms in total. The second-order valence-corrected chi connectivity index (χ2v) is 10.2. The van der Waals surface area contributed by atoms with Crippen LogP contribution >= 0.6 is 11.6 Å². The molecule has 1 N–H and O–H groups in total. The van der Waals surface area contributed by atoms with Crippen LogP contribution in [0.2, 0.25) is 5.02 Å². The highest BCUT2D eigenvalue weighted by Crippen LogP contribution is 2.35. The average molecular weight is 500 g/mol. The molecule has 1 fully saturated rings. The standard InChI is InChI=1S/C25H26ClN3O4S/c1-33-24-14-9-19(26)17-23(24)29(34(31,32)22-7-3-2-4-8-22)18-25(30)27-20-10-12-21(13-11-20)28-15-5-6-16-28/h2-4,7-14,17H,5-6,15-16,18H2,1H3,(H,27,30). The summed E-state index contributed by atoms with van der Waals surface area (Å²) in [4.78, 5) is 15.4. The Balaban J connectivity index is 1.61. The van der Waals surface area contributed by atoms with Crippen molar-refractivity contribution < 1.29 is 17.9 Å². The van der Waals surface area contributed by atoms with Gasteiger partial charge in [-0.1, -0.05) is 29.8 Å². The van der Waals surface area contributed by atoms with Gasteiger partial charge >= 0.3 is 0 Å². The lowest BCUT2D eigenvalue weighted by Crippen LogP contribution is -2.38. The minimum atomic E-state index is -4.08. The van der Waals surface area contributed by atoms with Gasteiger partial charge in [-0.25, -0.2) is 8.42 Å². The molecule has 3 aromatic rings. The zero-order valence-electron chi connectivity index (χ0n) is 18.8. The summed E-state index contributed by atoms with van der Waals surface area (Å²) in [5.41, 5.74) is 1.87. The van der Waals surface area contributed by atoms with E-state index in [1.807, 2.05) is 24.3 Å². The van der Waals surface area contributed by atoms with Crippen molar-refractivity contribution in [2.24, 2.45) is 0 Å². The van der Waals surface area contributed by atoms with E-state index in [9.17, 15) is 13.2 Å². The van der Waals surface area contributed by atoms with E-state index in [-0.39, 0.29) is 16.3 Å². The van der Waals surface area contributed by atoms with Crippen LogP contribution in [0.3, 0.4) is 0 Å². The smallest absolute Gasteiger partial charge is 0.264 e. The number of rotatable bonds is 8. The molecule has 9 heteroatoms. The number of amides is 1. The van der Waals surface area contributed by atoms with Gasteiger partial charge in [0.05, 0.1) is 17.7 Å². The fourth-order valence-electron chi connectivity index (χ4n) is 3.94. The highest BCUT2D eigenvalue weighted by atomic mass is 35.5. The molecule has 34 heavy (non-hydrogen) atoms. The summed E-state index contributed by atoms with van der Waals surface area (Å²) < 4.78 is 33.5. The normalized spacial score (nSPS) is 13.5. The molecule has 1 saturated heterocycles. The Morgan fingerprint density at radius 2 is 1.71 bits per heavy atom. The van der Waals surface area contributed by atoms with Crippen LogP contribution in [-0.2, 0) is 14.8 Å². The van der Waals surface area contributed by atoms with Crippen LogP contribution in [0, 0.1) is 0 Å². The Morgan fingerprint density at radius 1 is 1.03 bits per heavy atom. The van der Waals surface area contributed by atoms with Crippen LogP contribution < -0.4 is 19.3 Å². The number of carbonyl (C=O) groups excluding carboxylic acids is 1. The predicted octanol–water partition coefficient (Wildman–Crippen LogP) is 4.78. The summed E-state index contributed by atoms with van der Waals surface area (Å²) in [6, 6.07) is 20.1. The van der Waals surface area contributed by atoms with E-state index in [0.717, 1.165) is 23.1 Å². The first-order chi connectivity index (χ1) is 16.4. The Hall–Kier alpha value is -3.23. The Morgan fingerprint density at radius 3 is 2.35 bits per heavy atom. The molecule has 178 valence electrons. The lowest BCUT2D eigenvalue weighted by Gasteiger charge is -2.26. The molecule has 0 bridgehead atoms. The van der Waals surface area contributed by atoms with Crippen molar-refractivity contribution in [1.29, 1.82) is 0 Å². The van der Waals surface area contributed by atoms with Gasteiger partial charge in [0.15, 0.2) is 0 Å². The van der Waals surface area contributed by atoms with Gasteiger partial charge in [-0.3, -0.25) is 9.10 Å². The molecule has 4 rings (SSSR count). The maximum atomic E-state index is 13.5. The van der Waals surface area contributed by atoms with Crippen molar-refractivity contribution in [3.8, 4) is 5.75 Å². The second-order valence-electron chi connectivity index (χ2n) is 7.93. The van der Waals surface area contributed by atoms with E-state index in [2.05, 4.69) is 10.2 Å². The maximum absolute atomic E-state index is 13.5.